The first-order chi connectivity index (χ1) is 25.4. The summed E-state index contributed by atoms with van der Waals surface area (Å²) in [6.07, 6.45) is 1.90. The number of furan rings is 1. The molecule has 0 bridgehead atoms. The smallest absolute Gasteiger partial charge is 0.149 e. The van der Waals surface area contributed by atoms with Crippen molar-refractivity contribution in [2.24, 2.45) is 7.05 Å². The average Bonchev–Trinajstić information content (AvgIpc) is 3.86. The van der Waals surface area contributed by atoms with E-state index in [1.807, 2.05) is 6.33 Å². The minimum absolute atomic E-state index is 0.247. The molecule has 0 saturated heterocycles. The zero-order valence-electron chi connectivity index (χ0n) is 30.0. The number of aryl methyl sites for hydroxylation is 1. The lowest BCUT2D eigenvalue weighted by Crippen LogP contribution is -2.10. The van der Waals surface area contributed by atoms with Crippen LogP contribution in [0.25, 0.3) is 93.8 Å². The van der Waals surface area contributed by atoms with E-state index in [0.29, 0.717) is 0 Å². The SMILES string of the molecule is CC(C)c1cc(-c2ccccc2)cc(C(C)C)c1-n1c(-c2cccc3c2oc2cc4c(ccc5ccccc54)cc23)nc2ccc3ncn(C)c3c21. The Morgan fingerprint density at radius 3 is 2.08 bits per heavy atom. The summed E-state index contributed by atoms with van der Waals surface area (Å²) in [5.74, 6) is 1.35. The Labute approximate surface area is 301 Å². The molecule has 52 heavy (non-hydrogen) atoms. The molecule has 0 fully saturated rings. The second-order valence-corrected chi connectivity index (χ2v) is 14.7. The van der Waals surface area contributed by atoms with E-state index in [1.165, 1.54) is 49.5 Å². The lowest BCUT2D eigenvalue weighted by atomic mass is 9.88. The first-order valence-corrected chi connectivity index (χ1v) is 18.2. The molecule has 0 unspecified atom stereocenters. The fraction of sp³-hybridized carbons (Fsp3) is 0.149. The van der Waals surface area contributed by atoms with E-state index in [4.69, 9.17) is 14.4 Å². The molecule has 0 aliphatic heterocycles. The van der Waals surface area contributed by atoms with Crippen molar-refractivity contribution in [2.45, 2.75) is 39.5 Å². The molecule has 0 N–H and O–H groups in total. The molecule has 3 heterocycles. The number of nitrogens with zero attached hydrogens (tertiary/aromatic N) is 4. The number of para-hydroxylation sites is 1. The van der Waals surface area contributed by atoms with Gasteiger partial charge in [0.15, 0.2) is 0 Å². The highest BCUT2D eigenvalue weighted by molar-refractivity contribution is 6.17. The lowest BCUT2D eigenvalue weighted by molar-refractivity contribution is 0.670. The molecule has 0 radical (unpaired) electrons. The van der Waals surface area contributed by atoms with Gasteiger partial charge in [-0.2, -0.15) is 0 Å². The number of hydrogen-bond acceptors (Lipinski definition) is 3. The fourth-order valence-corrected chi connectivity index (χ4v) is 8.29. The van der Waals surface area contributed by atoms with Gasteiger partial charge in [0.1, 0.15) is 17.0 Å². The van der Waals surface area contributed by atoms with Gasteiger partial charge in [-0.3, -0.25) is 4.57 Å². The minimum atomic E-state index is 0.247. The standard InChI is InChI=1S/C47H38N4O/c1-27(2)36-23-32(29-12-7-6-8-13-29)24-37(28(3)4)43(36)51-45-41(21-20-40-44(45)50(5)26-48-40)49-47(51)35-17-11-16-34-39-22-31-19-18-30-14-9-10-15-33(30)38(31)25-42(39)52-46(34)35/h6-28H,1-5H3. The average molecular weight is 675 g/mol. The van der Waals surface area contributed by atoms with Crippen molar-refractivity contribution in [3.8, 4) is 28.2 Å². The van der Waals surface area contributed by atoms with Crippen LogP contribution in [0.2, 0.25) is 0 Å². The molecule has 252 valence electrons. The fourth-order valence-electron chi connectivity index (χ4n) is 8.29. The number of benzene rings is 7. The first-order valence-electron chi connectivity index (χ1n) is 18.2. The number of imidazole rings is 2. The molecular weight excluding hydrogens is 637 g/mol. The van der Waals surface area contributed by atoms with E-state index in [9.17, 15) is 0 Å². The Bertz CT molecular complexity index is 3000. The number of fused-ring (bicyclic) bond motifs is 9. The van der Waals surface area contributed by atoms with Gasteiger partial charge in [0.2, 0.25) is 0 Å². The van der Waals surface area contributed by atoms with Crippen molar-refractivity contribution in [3.05, 3.63) is 139 Å². The van der Waals surface area contributed by atoms with Gasteiger partial charge in [0, 0.05) is 17.8 Å². The second kappa shape index (κ2) is 11.4. The van der Waals surface area contributed by atoms with Crippen LogP contribution in [0.15, 0.2) is 132 Å². The van der Waals surface area contributed by atoms with Gasteiger partial charge in [-0.1, -0.05) is 107 Å². The molecule has 5 heteroatoms. The molecule has 3 aromatic heterocycles. The van der Waals surface area contributed by atoms with E-state index in [-0.39, 0.29) is 11.8 Å². The molecule has 7 aromatic carbocycles. The van der Waals surface area contributed by atoms with E-state index in [1.54, 1.807) is 0 Å². The molecule has 0 aliphatic rings. The minimum Gasteiger partial charge on any atom is -0.455 e. The normalized spacial score (nSPS) is 12.3. The topological polar surface area (TPSA) is 48.8 Å². The van der Waals surface area contributed by atoms with Crippen molar-refractivity contribution in [3.63, 3.8) is 0 Å². The van der Waals surface area contributed by atoms with E-state index < -0.39 is 0 Å². The molecule has 0 amide bonds. The maximum Gasteiger partial charge on any atom is 0.149 e. The summed E-state index contributed by atoms with van der Waals surface area (Å²) < 4.78 is 11.5. The Kier molecular flexibility index (Phi) is 6.71. The Hall–Kier alpha value is -6.20. The van der Waals surface area contributed by atoms with Crippen LogP contribution in [0.5, 0.6) is 0 Å². The maximum absolute atomic E-state index is 6.94. The number of rotatable bonds is 5. The van der Waals surface area contributed by atoms with Crippen LogP contribution < -0.4 is 0 Å². The molecule has 10 rings (SSSR count). The number of hydrogen-bond donors (Lipinski definition) is 0. The van der Waals surface area contributed by atoms with Gasteiger partial charge in [0.25, 0.3) is 0 Å². The van der Waals surface area contributed by atoms with Crippen LogP contribution in [0.1, 0.15) is 50.7 Å². The predicted molar refractivity (Wildman–Crippen MR) is 217 cm³/mol. The lowest BCUT2D eigenvalue weighted by Gasteiger charge is -2.24. The molecule has 10 aromatic rings. The summed E-state index contributed by atoms with van der Waals surface area (Å²) in [5.41, 5.74) is 12.8. The summed E-state index contributed by atoms with van der Waals surface area (Å²) in [4.78, 5) is 10.3. The van der Waals surface area contributed by atoms with Crippen LogP contribution in [-0.4, -0.2) is 19.1 Å². The van der Waals surface area contributed by atoms with Crippen molar-refractivity contribution in [2.75, 3.05) is 0 Å². The quantitative estimate of drug-likeness (QED) is 0.171. The molecule has 0 saturated carbocycles. The molecule has 0 aliphatic carbocycles. The molecule has 0 spiro atoms. The third-order valence-electron chi connectivity index (χ3n) is 10.8. The van der Waals surface area contributed by atoms with Crippen LogP contribution in [0, 0.1) is 0 Å². The van der Waals surface area contributed by atoms with Crippen molar-refractivity contribution < 1.29 is 4.42 Å². The van der Waals surface area contributed by atoms with Crippen LogP contribution >= 0.6 is 0 Å². The van der Waals surface area contributed by atoms with Gasteiger partial charge >= 0.3 is 0 Å². The summed E-state index contributed by atoms with van der Waals surface area (Å²) >= 11 is 0. The highest BCUT2D eigenvalue weighted by atomic mass is 16.3. The molecule has 5 nitrogen and oxygen atoms in total. The van der Waals surface area contributed by atoms with Gasteiger partial charge < -0.3 is 8.98 Å². The van der Waals surface area contributed by atoms with Crippen LogP contribution in [-0.2, 0) is 7.05 Å². The van der Waals surface area contributed by atoms with Gasteiger partial charge in [-0.05, 0) is 98.1 Å². The summed E-state index contributed by atoms with van der Waals surface area (Å²) in [7, 11) is 2.07. The zero-order chi connectivity index (χ0) is 35.2. The second-order valence-electron chi connectivity index (χ2n) is 14.7. The van der Waals surface area contributed by atoms with Crippen LogP contribution in [0.4, 0.5) is 0 Å². The van der Waals surface area contributed by atoms with E-state index >= 15 is 0 Å². The van der Waals surface area contributed by atoms with Gasteiger partial charge in [0.05, 0.1) is 39.6 Å². The maximum atomic E-state index is 6.94. The third kappa shape index (κ3) is 4.48. The number of aromatic nitrogens is 4. The van der Waals surface area contributed by atoms with Crippen molar-refractivity contribution >= 4 is 65.6 Å². The Morgan fingerprint density at radius 2 is 1.29 bits per heavy atom. The highest BCUT2D eigenvalue weighted by Crippen LogP contribution is 2.44. The summed E-state index contributed by atoms with van der Waals surface area (Å²) in [6, 6.07) is 43.7. The summed E-state index contributed by atoms with van der Waals surface area (Å²) in [5, 5.41) is 7.03. The summed E-state index contributed by atoms with van der Waals surface area (Å²) in [6.45, 7) is 9.18. The first kappa shape index (κ1) is 30.6. The van der Waals surface area contributed by atoms with Gasteiger partial charge in [-0.15, -0.1) is 0 Å². The molecule has 0 atom stereocenters. The predicted octanol–water partition coefficient (Wildman–Crippen LogP) is 12.7. The Morgan fingerprint density at radius 1 is 0.577 bits per heavy atom. The van der Waals surface area contributed by atoms with Crippen LogP contribution in [0.3, 0.4) is 0 Å². The van der Waals surface area contributed by atoms with Crippen molar-refractivity contribution in [1.29, 1.82) is 0 Å². The zero-order valence-corrected chi connectivity index (χ0v) is 30.0. The van der Waals surface area contributed by atoms with E-state index in [2.05, 4.69) is 165 Å². The largest absolute Gasteiger partial charge is 0.455 e. The van der Waals surface area contributed by atoms with Crippen molar-refractivity contribution in [1.82, 2.24) is 19.1 Å². The highest BCUT2D eigenvalue weighted by Gasteiger charge is 2.27. The van der Waals surface area contributed by atoms with E-state index in [0.717, 1.165) is 55.4 Å². The third-order valence-corrected chi connectivity index (χ3v) is 10.8. The van der Waals surface area contributed by atoms with Gasteiger partial charge in [-0.25, -0.2) is 9.97 Å². The monoisotopic (exact) mass is 674 g/mol. The Balaban J connectivity index is 1.33. The molecular formula is C47H38N4O.